The molecule has 0 aliphatic rings. The third-order valence-electron chi connectivity index (χ3n) is 1.49. The second-order valence-corrected chi connectivity index (χ2v) is 2.38. The first-order valence-electron chi connectivity index (χ1n) is 3.43. The van der Waals surface area contributed by atoms with Gasteiger partial charge < -0.3 is 5.11 Å². The van der Waals surface area contributed by atoms with Gasteiger partial charge in [-0.15, -0.1) is 6.58 Å². The van der Waals surface area contributed by atoms with Crippen LogP contribution in [-0.4, -0.2) is 5.11 Å². The summed E-state index contributed by atoms with van der Waals surface area (Å²) < 4.78 is 25.3. The first-order chi connectivity index (χ1) is 5.65. The number of aromatic hydroxyl groups is 1. The largest absolute Gasteiger partial charge is 0.507 e. The Morgan fingerprint density at radius 3 is 2.58 bits per heavy atom. The highest BCUT2D eigenvalue weighted by atomic mass is 19.1. The van der Waals surface area contributed by atoms with E-state index in [1.54, 1.807) is 0 Å². The fourth-order valence-electron chi connectivity index (χ4n) is 0.936. The molecular formula is C9H8F2O. The van der Waals surface area contributed by atoms with Gasteiger partial charge in [-0.1, -0.05) is 6.08 Å². The van der Waals surface area contributed by atoms with E-state index in [1.807, 2.05) is 0 Å². The van der Waals surface area contributed by atoms with Gasteiger partial charge in [0.15, 0.2) is 0 Å². The maximum Gasteiger partial charge on any atom is 0.133 e. The molecule has 1 aromatic carbocycles. The van der Waals surface area contributed by atoms with Gasteiger partial charge in [0.2, 0.25) is 0 Å². The Balaban J connectivity index is 3.18. The van der Waals surface area contributed by atoms with E-state index in [1.165, 1.54) is 6.08 Å². The molecule has 0 atom stereocenters. The molecule has 0 aliphatic heterocycles. The van der Waals surface area contributed by atoms with Crippen molar-refractivity contribution >= 4 is 0 Å². The van der Waals surface area contributed by atoms with Crippen LogP contribution in [0.15, 0.2) is 24.8 Å². The van der Waals surface area contributed by atoms with Crippen LogP contribution in [0, 0.1) is 11.6 Å². The zero-order valence-electron chi connectivity index (χ0n) is 6.35. The number of benzene rings is 1. The molecule has 12 heavy (non-hydrogen) atoms. The van der Waals surface area contributed by atoms with Gasteiger partial charge in [0.1, 0.15) is 17.4 Å². The van der Waals surface area contributed by atoms with Gasteiger partial charge in [0.05, 0.1) is 0 Å². The molecule has 0 bridgehead atoms. The summed E-state index contributed by atoms with van der Waals surface area (Å²) in [6.07, 6.45) is 1.63. The van der Waals surface area contributed by atoms with E-state index in [4.69, 9.17) is 5.11 Å². The van der Waals surface area contributed by atoms with Crippen molar-refractivity contribution in [1.29, 1.82) is 0 Å². The van der Waals surface area contributed by atoms with Gasteiger partial charge in [-0.2, -0.15) is 0 Å². The van der Waals surface area contributed by atoms with Crippen LogP contribution in [-0.2, 0) is 6.42 Å². The molecule has 0 saturated carbocycles. The Hall–Kier alpha value is -1.38. The number of hydrogen-bond acceptors (Lipinski definition) is 1. The van der Waals surface area contributed by atoms with Crippen LogP contribution in [0.2, 0.25) is 0 Å². The summed E-state index contributed by atoms with van der Waals surface area (Å²) in [6, 6.07) is 1.61. The predicted octanol–water partition coefficient (Wildman–Crippen LogP) is 2.40. The molecule has 1 N–H and O–H groups in total. The summed E-state index contributed by atoms with van der Waals surface area (Å²) >= 11 is 0. The van der Waals surface area contributed by atoms with E-state index >= 15 is 0 Å². The molecule has 1 rings (SSSR count). The highest BCUT2D eigenvalue weighted by Crippen LogP contribution is 2.22. The lowest BCUT2D eigenvalue weighted by molar-refractivity contribution is 0.452. The van der Waals surface area contributed by atoms with Crippen molar-refractivity contribution in [3.05, 3.63) is 42.0 Å². The van der Waals surface area contributed by atoms with E-state index in [0.29, 0.717) is 0 Å². The molecule has 0 fully saturated rings. The molecule has 3 heteroatoms. The average Bonchev–Trinajstić information content (AvgIpc) is 1.96. The molecule has 64 valence electrons. The van der Waals surface area contributed by atoms with Gasteiger partial charge in [0.25, 0.3) is 0 Å². The van der Waals surface area contributed by atoms with Crippen molar-refractivity contribution in [2.75, 3.05) is 0 Å². The molecule has 0 radical (unpaired) electrons. The zero-order chi connectivity index (χ0) is 9.14. The predicted molar refractivity (Wildman–Crippen MR) is 41.9 cm³/mol. The maximum atomic E-state index is 12.9. The second kappa shape index (κ2) is 3.34. The van der Waals surface area contributed by atoms with Crippen LogP contribution >= 0.6 is 0 Å². The highest BCUT2D eigenvalue weighted by molar-refractivity contribution is 5.35. The van der Waals surface area contributed by atoms with Crippen molar-refractivity contribution < 1.29 is 13.9 Å². The van der Waals surface area contributed by atoms with E-state index in [2.05, 4.69) is 6.58 Å². The molecular weight excluding hydrogens is 162 g/mol. The smallest absolute Gasteiger partial charge is 0.133 e. The summed E-state index contributed by atoms with van der Waals surface area (Å²) in [4.78, 5) is 0. The van der Waals surface area contributed by atoms with Crippen molar-refractivity contribution in [3.8, 4) is 5.75 Å². The van der Waals surface area contributed by atoms with Crippen LogP contribution in [0.1, 0.15) is 5.56 Å². The molecule has 0 aromatic heterocycles. The first-order valence-corrected chi connectivity index (χ1v) is 3.43. The van der Waals surface area contributed by atoms with E-state index in [-0.39, 0.29) is 17.7 Å². The molecule has 1 aromatic rings. The minimum Gasteiger partial charge on any atom is -0.507 e. The van der Waals surface area contributed by atoms with Crippen molar-refractivity contribution in [2.45, 2.75) is 6.42 Å². The van der Waals surface area contributed by atoms with Crippen LogP contribution < -0.4 is 0 Å². The zero-order valence-corrected chi connectivity index (χ0v) is 6.35. The van der Waals surface area contributed by atoms with Crippen LogP contribution in [0.25, 0.3) is 0 Å². The first kappa shape index (κ1) is 8.71. The molecule has 1 nitrogen and oxygen atoms in total. The van der Waals surface area contributed by atoms with Crippen LogP contribution in [0.4, 0.5) is 8.78 Å². The fourth-order valence-corrected chi connectivity index (χ4v) is 0.936. The number of rotatable bonds is 2. The van der Waals surface area contributed by atoms with Crippen molar-refractivity contribution in [2.24, 2.45) is 0 Å². The Morgan fingerprint density at radius 2 is 2.08 bits per heavy atom. The number of halogens is 2. The lowest BCUT2D eigenvalue weighted by atomic mass is 10.1. The molecule has 0 saturated heterocycles. The summed E-state index contributed by atoms with van der Waals surface area (Å²) in [5.74, 6) is -1.89. The quantitative estimate of drug-likeness (QED) is 0.675. The molecule has 0 unspecified atom stereocenters. The van der Waals surface area contributed by atoms with Gasteiger partial charge >= 0.3 is 0 Å². The monoisotopic (exact) mass is 170 g/mol. The average molecular weight is 170 g/mol. The molecule has 0 aliphatic carbocycles. The Morgan fingerprint density at radius 1 is 1.42 bits per heavy atom. The van der Waals surface area contributed by atoms with Crippen molar-refractivity contribution in [3.63, 3.8) is 0 Å². The molecule has 0 spiro atoms. The lowest BCUT2D eigenvalue weighted by Gasteiger charge is -2.02. The van der Waals surface area contributed by atoms with E-state index < -0.39 is 11.6 Å². The van der Waals surface area contributed by atoms with Gasteiger partial charge in [0, 0.05) is 17.7 Å². The van der Waals surface area contributed by atoms with Gasteiger partial charge in [-0.25, -0.2) is 8.78 Å². The number of allylic oxidation sites excluding steroid dienone is 1. The topological polar surface area (TPSA) is 20.2 Å². The molecule has 0 heterocycles. The fraction of sp³-hybridized carbons (Fsp3) is 0.111. The Labute approximate surface area is 69.0 Å². The second-order valence-electron chi connectivity index (χ2n) is 2.38. The number of hydrogen-bond donors (Lipinski definition) is 1. The standard InChI is InChI=1S/C9H8F2O/c1-2-3-7-8(11)4-6(10)5-9(7)12/h2,4-5,12H,1,3H2. The molecule has 0 amide bonds. The minimum absolute atomic E-state index is 0.0754. The summed E-state index contributed by atoms with van der Waals surface area (Å²) in [5.41, 5.74) is 0.0754. The SMILES string of the molecule is C=CCc1c(O)cc(F)cc1F. The van der Waals surface area contributed by atoms with E-state index in [9.17, 15) is 8.78 Å². The van der Waals surface area contributed by atoms with Gasteiger partial charge in [-0.3, -0.25) is 0 Å². The van der Waals surface area contributed by atoms with Crippen LogP contribution in [0.3, 0.4) is 0 Å². The summed E-state index contributed by atoms with van der Waals surface area (Å²) in [7, 11) is 0. The third-order valence-corrected chi connectivity index (χ3v) is 1.49. The highest BCUT2D eigenvalue weighted by Gasteiger charge is 2.08. The summed E-state index contributed by atoms with van der Waals surface area (Å²) in [6.45, 7) is 3.39. The third kappa shape index (κ3) is 1.61. The number of phenolic OH excluding ortho intramolecular Hbond substituents is 1. The normalized spacial score (nSPS) is 9.83. The minimum atomic E-state index is -0.780. The lowest BCUT2D eigenvalue weighted by Crippen LogP contribution is -1.90. The van der Waals surface area contributed by atoms with Crippen LogP contribution in [0.5, 0.6) is 5.75 Å². The Kier molecular flexibility index (Phi) is 2.43. The van der Waals surface area contributed by atoms with Gasteiger partial charge in [-0.05, 0) is 6.42 Å². The Bertz CT molecular complexity index is 284. The summed E-state index contributed by atoms with van der Waals surface area (Å²) in [5, 5.41) is 9.08. The van der Waals surface area contributed by atoms with Crippen molar-refractivity contribution in [1.82, 2.24) is 0 Å². The maximum absolute atomic E-state index is 12.9. The number of phenols is 1. The van der Waals surface area contributed by atoms with E-state index in [0.717, 1.165) is 12.1 Å².